The van der Waals surface area contributed by atoms with Crippen LogP contribution < -0.4 is 14.4 Å². The molecule has 4 aliphatic heterocycles. The Morgan fingerprint density at radius 2 is 2.00 bits per heavy atom. The number of alkyl halides is 1. The van der Waals surface area contributed by atoms with E-state index in [1.807, 2.05) is 0 Å². The molecule has 0 saturated carbocycles. The smallest absolute Gasteiger partial charge is 0.225 e. The molecule has 3 saturated heterocycles. The molecule has 11 heteroatoms. The number of nitrogens with zero attached hydrogens (tertiary/aromatic N) is 4. The highest BCUT2D eigenvalue weighted by molar-refractivity contribution is 6.04. The molecule has 232 valence electrons. The molecule has 2 aromatic carbocycles. The number of hydrogen-bond acceptors (Lipinski definition) is 8. The van der Waals surface area contributed by atoms with Crippen molar-refractivity contribution in [3.63, 3.8) is 0 Å². The molecule has 2 aromatic heterocycles. The molecule has 0 spiro atoms. The van der Waals surface area contributed by atoms with E-state index in [-0.39, 0.29) is 64.5 Å². The predicted molar refractivity (Wildman–Crippen MR) is 163 cm³/mol. The van der Waals surface area contributed by atoms with E-state index in [0.717, 1.165) is 25.8 Å². The summed E-state index contributed by atoms with van der Waals surface area (Å²) in [4.78, 5) is 13.6. The summed E-state index contributed by atoms with van der Waals surface area (Å²) < 4.78 is 64.7. The molecular formula is C34H31F3N4O4. The third-order valence-electron chi connectivity index (χ3n) is 9.68. The van der Waals surface area contributed by atoms with Gasteiger partial charge in [0.2, 0.25) is 11.8 Å². The average molecular weight is 617 g/mol. The van der Waals surface area contributed by atoms with Crippen LogP contribution in [-0.2, 0) is 4.74 Å². The fraction of sp³-hybridized carbons (Fsp3) is 0.412. The maximum Gasteiger partial charge on any atom is 0.225 e. The molecule has 0 bridgehead atoms. The summed E-state index contributed by atoms with van der Waals surface area (Å²) in [6.45, 7) is 3.28. The number of phenols is 1. The molecule has 8 rings (SSSR count). The minimum Gasteiger partial charge on any atom is -0.508 e. The van der Waals surface area contributed by atoms with Gasteiger partial charge in [-0.15, -0.1) is 6.42 Å². The molecular weight excluding hydrogens is 585 g/mol. The van der Waals surface area contributed by atoms with Gasteiger partial charge in [-0.2, -0.15) is 0 Å². The van der Waals surface area contributed by atoms with Gasteiger partial charge >= 0.3 is 0 Å². The average Bonchev–Trinajstić information content (AvgIpc) is 3.38. The minimum absolute atomic E-state index is 0.0426. The fourth-order valence-electron chi connectivity index (χ4n) is 7.65. The maximum atomic E-state index is 16.9. The first-order valence-corrected chi connectivity index (χ1v) is 15.3. The van der Waals surface area contributed by atoms with Crippen LogP contribution in [0, 0.1) is 24.0 Å². The second-order valence-corrected chi connectivity index (χ2v) is 12.4. The van der Waals surface area contributed by atoms with E-state index in [2.05, 4.69) is 25.7 Å². The van der Waals surface area contributed by atoms with Crippen LogP contribution in [0.15, 0.2) is 30.3 Å². The van der Waals surface area contributed by atoms with Crippen molar-refractivity contribution in [2.45, 2.75) is 43.4 Å². The topological polar surface area (TPSA) is 80.2 Å². The number of anilines is 1. The molecule has 0 radical (unpaired) electrons. The summed E-state index contributed by atoms with van der Waals surface area (Å²) in [5.41, 5.74) is 0.0295. The van der Waals surface area contributed by atoms with E-state index < -0.39 is 23.3 Å². The van der Waals surface area contributed by atoms with E-state index in [1.54, 1.807) is 6.07 Å². The quantitative estimate of drug-likeness (QED) is 0.307. The Labute approximate surface area is 257 Å². The Morgan fingerprint density at radius 3 is 2.87 bits per heavy atom. The van der Waals surface area contributed by atoms with Crippen LogP contribution in [0.2, 0.25) is 0 Å². The summed E-state index contributed by atoms with van der Waals surface area (Å²) in [6.07, 6.45) is 7.71. The van der Waals surface area contributed by atoms with Gasteiger partial charge in [0.15, 0.2) is 5.82 Å². The van der Waals surface area contributed by atoms with Gasteiger partial charge in [0.1, 0.15) is 42.2 Å². The van der Waals surface area contributed by atoms with Crippen molar-refractivity contribution in [2.24, 2.45) is 0 Å². The van der Waals surface area contributed by atoms with Crippen molar-refractivity contribution in [3.8, 4) is 41.1 Å². The first-order chi connectivity index (χ1) is 21.8. The van der Waals surface area contributed by atoms with E-state index in [9.17, 15) is 13.9 Å². The number of aromatic nitrogens is 2. The largest absolute Gasteiger partial charge is 0.508 e. The zero-order valence-electron chi connectivity index (χ0n) is 24.5. The highest BCUT2D eigenvalue weighted by Gasteiger charge is 2.49. The Kier molecular flexibility index (Phi) is 6.69. The van der Waals surface area contributed by atoms with Crippen LogP contribution in [0.25, 0.3) is 32.9 Å². The number of pyridine rings is 2. The normalized spacial score (nSPS) is 24.5. The van der Waals surface area contributed by atoms with Gasteiger partial charge in [-0.25, -0.2) is 23.1 Å². The molecule has 0 amide bonds. The summed E-state index contributed by atoms with van der Waals surface area (Å²) in [7, 11) is 0. The van der Waals surface area contributed by atoms with E-state index in [0.29, 0.717) is 49.2 Å². The van der Waals surface area contributed by atoms with Crippen LogP contribution in [-0.4, -0.2) is 83.8 Å². The molecule has 1 unspecified atom stereocenters. The molecule has 1 N–H and O–H groups in total. The van der Waals surface area contributed by atoms with Crippen molar-refractivity contribution >= 4 is 27.4 Å². The fourth-order valence-corrected chi connectivity index (χ4v) is 7.65. The molecule has 0 aliphatic carbocycles. The third kappa shape index (κ3) is 4.53. The number of hydrogen-bond donors (Lipinski definition) is 1. The van der Waals surface area contributed by atoms with Crippen molar-refractivity contribution in [3.05, 3.63) is 47.5 Å². The predicted octanol–water partition coefficient (Wildman–Crippen LogP) is 5.36. The molecule has 4 aliphatic rings. The molecule has 45 heavy (non-hydrogen) atoms. The van der Waals surface area contributed by atoms with E-state index in [1.165, 1.54) is 24.3 Å². The van der Waals surface area contributed by atoms with Crippen LogP contribution >= 0.6 is 0 Å². The highest BCUT2D eigenvalue weighted by atomic mass is 19.1. The van der Waals surface area contributed by atoms with Crippen molar-refractivity contribution < 1.29 is 32.5 Å². The zero-order valence-corrected chi connectivity index (χ0v) is 24.5. The number of terminal acetylenes is 1. The Morgan fingerprint density at radius 1 is 1.11 bits per heavy atom. The Bertz CT molecular complexity index is 1900. The van der Waals surface area contributed by atoms with E-state index >= 15 is 4.39 Å². The third-order valence-corrected chi connectivity index (χ3v) is 9.68. The van der Waals surface area contributed by atoms with Gasteiger partial charge in [0, 0.05) is 43.1 Å². The number of aromatic hydroxyl groups is 1. The lowest BCUT2D eigenvalue weighted by molar-refractivity contribution is 0.111. The monoisotopic (exact) mass is 616 g/mol. The second kappa shape index (κ2) is 10.7. The lowest BCUT2D eigenvalue weighted by Gasteiger charge is -2.32. The Hall–Kier alpha value is -4.27. The van der Waals surface area contributed by atoms with Crippen LogP contribution in [0.1, 0.15) is 31.2 Å². The molecule has 3 atom stereocenters. The summed E-state index contributed by atoms with van der Waals surface area (Å²) >= 11 is 0. The number of ether oxygens (including phenoxy) is 3. The molecule has 8 nitrogen and oxygen atoms in total. The van der Waals surface area contributed by atoms with Crippen molar-refractivity contribution in [2.75, 3.05) is 51.0 Å². The van der Waals surface area contributed by atoms with Crippen molar-refractivity contribution in [1.82, 2.24) is 14.9 Å². The number of benzene rings is 2. The lowest BCUT2D eigenvalue weighted by Crippen LogP contribution is -2.43. The lowest BCUT2D eigenvalue weighted by atomic mass is 9.95. The van der Waals surface area contributed by atoms with Gasteiger partial charge in [-0.05, 0) is 49.4 Å². The SMILES string of the molecule is C#Cc1c(F)ccc2cc(O)cc(-c3nc4c5c(cc(OC[C@@]67CCCN6CC(F)C7)nc5c3F)N3CCCOC[C@H]3CO4)c12. The minimum atomic E-state index is -0.915. The van der Waals surface area contributed by atoms with Crippen LogP contribution in [0.3, 0.4) is 0 Å². The summed E-state index contributed by atoms with van der Waals surface area (Å²) in [6, 6.07) is 7.03. The molecule has 4 aromatic rings. The molecule has 6 heterocycles. The van der Waals surface area contributed by atoms with Crippen molar-refractivity contribution in [1.29, 1.82) is 0 Å². The summed E-state index contributed by atoms with van der Waals surface area (Å²) in [5.74, 6) is 1.10. The van der Waals surface area contributed by atoms with Gasteiger partial charge in [-0.3, -0.25) is 4.90 Å². The zero-order chi connectivity index (χ0) is 30.9. The first-order valence-electron chi connectivity index (χ1n) is 15.3. The molecule has 3 fully saturated rings. The number of rotatable bonds is 4. The highest BCUT2D eigenvalue weighted by Crippen LogP contribution is 2.45. The standard InChI is InChI=1S/C34H31F3N4O4/c1-2-23-25(36)6-5-19-11-22(42)12-24(28(19)23)31-30(37)32-29-26(41-9-4-10-43-16-21(41)17-44-33(29)39-31)13-27(38-32)45-18-34-7-3-8-40(34)15-20(35)14-34/h1,5-6,11-13,20-21,42H,3-4,7-10,14-18H2/t20?,21-,34-/m0/s1. The van der Waals surface area contributed by atoms with Gasteiger partial charge in [-0.1, -0.05) is 12.0 Å². The van der Waals surface area contributed by atoms with Gasteiger partial charge < -0.3 is 24.2 Å². The maximum absolute atomic E-state index is 16.9. The second-order valence-electron chi connectivity index (χ2n) is 12.4. The van der Waals surface area contributed by atoms with E-state index in [4.69, 9.17) is 20.6 Å². The number of fused-ring (bicyclic) bond motifs is 4. The van der Waals surface area contributed by atoms with Crippen LogP contribution in [0.5, 0.6) is 17.5 Å². The van der Waals surface area contributed by atoms with Crippen LogP contribution in [0.4, 0.5) is 18.9 Å². The number of halogens is 3. The van der Waals surface area contributed by atoms with Gasteiger partial charge in [0.05, 0.1) is 34.8 Å². The Balaban J connectivity index is 1.33. The van der Waals surface area contributed by atoms with Gasteiger partial charge in [0.25, 0.3) is 0 Å². The first kappa shape index (κ1) is 28.2. The number of phenolic OH excluding ortho intramolecular Hbond substituents is 1. The summed E-state index contributed by atoms with van der Waals surface area (Å²) in [5, 5.41) is 11.6.